The molecule has 39 heavy (non-hydrogen) atoms. The van der Waals surface area contributed by atoms with Gasteiger partial charge in [-0.15, -0.1) is 0 Å². The van der Waals surface area contributed by atoms with Crippen molar-refractivity contribution in [3.8, 4) is 11.8 Å². The summed E-state index contributed by atoms with van der Waals surface area (Å²) in [5.74, 6) is 0.345. The van der Waals surface area contributed by atoms with E-state index in [1.54, 1.807) is 23.6 Å². The highest BCUT2D eigenvalue weighted by Crippen LogP contribution is 2.32. The van der Waals surface area contributed by atoms with E-state index in [1.807, 2.05) is 42.5 Å². The van der Waals surface area contributed by atoms with Crippen LogP contribution in [0.15, 0.2) is 68.0 Å². The van der Waals surface area contributed by atoms with E-state index in [0.29, 0.717) is 36.7 Å². The molecule has 0 N–H and O–H groups in total. The smallest absolute Gasteiger partial charge is 0.338 e. The van der Waals surface area contributed by atoms with Crippen molar-refractivity contribution in [2.24, 2.45) is 4.99 Å². The van der Waals surface area contributed by atoms with Crippen LogP contribution < -0.4 is 19.6 Å². The maximum absolute atomic E-state index is 13.8. The van der Waals surface area contributed by atoms with E-state index in [0.717, 1.165) is 16.7 Å². The monoisotopic (exact) mass is 609 g/mol. The summed E-state index contributed by atoms with van der Waals surface area (Å²) >= 11 is 4.72. The molecule has 3 aromatic rings. The lowest BCUT2D eigenvalue weighted by atomic mass is 9.93. The Morgan fingerprint density at radius 3 is 2.62 bits per heavy atom. The molecule has 0 fully saturated rings. The number of halogens is 1. The third-order valence-corrected chi connectivity index (χ3v) is 7.83. The average molecular weight is 611 g/mol. The maximum atomic E-state index is 13.8. The van der Waals surface area contributed by atoms with Gasteiger partial charge in [-0.3, -0.25) is 9.36 Å². The molecule has 1 aliphatic rings. The molecule has 0 amide bonds. The lowest BCUT2D eigenvalue weighted by Gasteiger charge is -2.25. The summed E-state index contributed by atoms with van der Waals surface area (Å²) in [4.78, 5) is 32.2. The second kappa shape index (κ2) is 12.6. The van der Waals surface area contributed by atoms with Crippen molar-refractivity contribution in [1.82, 2.24) is 4.57 Å². The van der Waals surface area contributed by atoms with Crippen LogP contribution >= 0.6 is 27.3 Å². The Morgan fingerprint density at radius 2 is 1.97 bits per heavy atom. The second-order valence-electron chi connectivity index (χ2n) is 9.17. The van der Waals surface area contributed by atoms with Crippen molar-refractivity contribution in [1.29, 1.82) is 5.26 Å². The first-order valence-corrected chi connectivity index (χ1v) is 13.9. The lowest BCUT2D eigenvalue weighted by molar-refractivity contribution is -0.140. The van der Waals surface area contributed by atoms with Gasteiger partial charge in [-0.2, -0.15) is 5.26 Å². The van der Waals surface area contributed by atoms with E-state index in [-0.39, 0.29) is 25.4 Å². The summed E-state index contributed by atoms with van der Waals surface area (Å²) in [6, 6.07) is 14.6. The molecule has 1 aliphatic heterocycles. The number of allylic oxidation sites excluding steroid dienone is 1. The molecule has 8 nitrogen and oxygen atoms in total. The molecule has 0 spiro atoms. The minimum Gasteiger partial charge on any atom is -0.478 e. The fourth-order valence-corrected chi connectivity index (χ4v) is 5.80. The molecule has 0 aliphatic carbocycles. The summed E-state index contributed by atoms with van der Waals surface area (Å²) in [6.07, 6.45) is 1.78. The number of thiazole rings is 1. The molecule has 0 saturated carbocycles. The van der Waals surface area contributed by atoms with E-state index < -0.39 is 12.0 Å². The number of benzene rings is 2. The van der Waals surface area contributed by atoms with Crippen LogP contribution in [0.5, 0.6) is 5.75 Å². The molecule has 1 unspecified atom stereocenters. The number of carbonyl (C=O) groups excluding carboxylic acids is 1. The number of hydrogen-bond acceptors (Lipinski definition) is 8. The zero-order chi connectivity index (χ0) is 28.1. The van der Waals surface area contributed by atoms with Crippen LogP contribution in [0.4, 0.5) is 0 Å². The van der Waals surface area contributed by atoms with Crippen molar-refractivity contribution < 1.29 is 19.0 Å². The predicted molar refractivity (Wildman–Crippen MR) is 152 cm³/mol. The number of nitriles is 1. The minimum absolute atomic E-state index is 0.0652. The van der Waals surface area contributed by atoms with Gasteiger partial charge in [0.2, 0.25) is 0 Å². The number of carbonyl (C=O) groups is 1. The van der Waals surface area contributed by atoms with E-state index in [4.69, 9.17) is 19.5 Å². The predicted octanol–water partition coefficient (Wildman–Crippen LogP) is 4.21. The molecule has 0 saturated heterocycles. The lowest BCUT2D eigenvalue weighted by Crippen LogP contribution is -2.40. The molecular formula is C29H28BrN3O5S. The van der Waals surface area contributed by atoms with Gasteiger partial charge in [0.05, 0.1) is 32.9 Å². The first kappa shape index (κ1) is 28.5. The molecule has 0 radical (unpaired) electrons. The highest BCUT2D eigenvalue weighted by molar-refractivity contribution is 9.10. The maximum Gasteiger partial charge on any atom is 0.338 e. The summed E-state index contributed by atoms with van der Waals surface area (Å²) < 4.78 is 18.6. The van der Waals surface area contributed by atoms with Gasteiger partial charge in [-0.25, -0.2) is 9.79 Å². The highest BCUT2D eigenvalue weighted by Gasteiger charge is 2.33. The van der Waals surface area contributed by atoms with E-state index in [9.17, 15) is 9.59 Å². The molecule has 202 valence electrons. The molecule has 2 aromatic carbocycles. The van der Waals surface area contributed by atoms with Crippen molar-refractivity contribution in [2.45, 2.75) is 32.7 Å². The van der Waals surface area contributed by atoms with Crippen LogP contribution in [0.2, 0.25) is 0 Å². The van der Waals surface area contributed by atoms with Gasteiger partial charge in [0, 0.05) is 7.11 Å². The van der Waals surface area contributed by atoms with Gasteiger partial charge >= 0.3 is 5.97 Å². The third-order valence-electron chi connectivity index (χ3n) is 6.23. The quantitative estimate of drug-likeness (QED) is 0.266. The Labute approximate surface area is 238 Å². The summed E-state index contributed by atoms with van der Waals surface area (Å²) in [7, 11) is 1.54. The number of nitrogens with zero attached hydrogens (tertiary/aromatic N) is 3. The zero-order valence-electron chi connectivity index (χ0n) is 22.1. The Bertz CT molecular complexity index is 1630. The first-order valence-electron chi connectivity index (χ1n) is 12.3. The Balaban J connectivity index is 1.83. The van der Waals surface area contributed by atoms with Crippen LogP contribution in [-0.2, 0) is 14.3 Å². The number of esters is 1. The normalized spacial score (nSPS) is 15.1. The standard InChI is InChI=1S/C29H28BrN3O5S/c1-17(2)20-6-8-21(9-7-20)26-25(28(35)38-14-13-36-4)18(3)32-29-33(26)27(34)24(39-29)16-19-5-10-23(22(30)15-19)37-12-11-31/h5-10,15-17,26H,12-14H2,1-4H3. The van der Waals surface area contributed by atoms with Gasteiger partial charge in [0.25, 0.3) is 5.56 Å². The fourth-order valence-electron chi connectivity index (χ4n) is 4.24. The topological polar surface area (TPSA) is 103 Å². The number of methoxy groups -OCH3 is 1. The van der Waals surface area contributed by atoms with Gasteiger partial charge in [-0.1, -0.05) is 55.5 Å². The number of aromatic nitrogens is 1. The molecule has 4 rings (SSSR count). The van der Waals surface area contributed by atoms with Crippen molar-refractivity contribution in [2.75, 3.05) is 26.9 Å². The van der Waals surface area contributed by atoms with Gasteiger partial charge in [0.1, 0.15) is 18.4 Å². The van der Waals surface area contributed by atoms with Crippen molar-refractivity contribution in [3.63, 3.8) is 0 Å². The Hall–Kier alpha value is -3.52. The van der Waals surface area contributed by atoms with Crippen molar-refractivity contribution >= 4 is 39.3 Å². The molecule has 1 aromatic heterocycles. The molecule has 2 heterocycles. The molecule has 1 atom stereocenters. The van der Waals surface area contributed by atoms with Gasteiger partial charge in [-0.05, 0) is 63.7 Å². The number of fused-ring (bicyclic) bond motifs is 1. The Kier molecular flexibility index (Phi) is 9.17. The number of rotatable bonds is 9. The SMILES string of the molecule is COCCOC(=O)C1=C(C)N=c2sc(=Cc3ccc(OCC#N)c(Br)c3)c(=O)n2C1c1ccc(C(C)C)cc1. The van der Waals surface area contributed by atoms with Crippen LogP contribution in [0.1, 0.15) is 49.4 Å². The van der Waals surface area contributed by atoms with Gasteiger partial charge < -0.3 is 14.2 Å². The van der Waals surface area contributed by atoms with E-state index in [2.05, 4.69) is 34.8 Å². The summed E-state index contributed by atoms with van der Waals surface area (Å²) in [5, 5.41) is 8.77. The highest BCUT2D eigenvalue weighted by atomic mass is 79.9. The van der Waals surface area contributed by atoms with Crippen molar-refractivity contribution in [3.05, 3.63) is 94.6 Å². The zero-order valence-corrected chi connectivity index (χ0v) is 24.5. The Morgan fingerprint density at radius 1 is 1.23 bits per heavy atom. The van der Waals surface area contributed by atoms with E-state index in [1.165, 1.54) is 18.4 Å². The first-order chi connectivity index (χ1) is 18.7. The fraction of sp³-hybridized carbons (Fsp3) is 0.310. The van der Waals surface area contributed by atoms with Gasteiger partial charge in [0.15, 0.2) is 11.4 Å². The average Bonchev–Trinajstić information content (AvgIpc) is 3.21. The largest absolute Gasteiger partial charge is 0.478 e. The van der Waals surface area contributed by atoms with Crippen LogP contribution in [-0.4, -0.2) is 37.5 Å². The third kappa shape index (κ3) is 6.22. The minimum atomic E-state index is -0.687. The molecule has 10 heteroatoms. The van der Waals surface area contributed by atoms with Crippen LogP contribution in [0.25, 0.3) is 6.08 Å². The second-order valence-corrected chi connectivity index (χ2v) is 11.0. The van der Waals surface area contributed by atoms with E-state index >= 15 is 0 Å². The van der Waals surface area contributed by atoms with Crippen LogP contribution in [0, 0.1) is 11.3 Å². The van der Waals surface area contributed by atoms with Crippen LogP contribution in [0.3, 0.4) is 0 Å². The molecule has 0 bridgehead atoms. The number of hydrogen-bond donors (Lipinski definition) is 0. The number of ether oxygens (including phenoxy) is 3. The summed E-state index contributed by atoms with van der Waals surface area (Å²) in [5.41, 5.74) is 3.29. The molecular weight excluding hydrogens is 582 g/mol. The summed E-state index contributed by atoms with van der Waals surface area (Å²) in [6.45, 7) is 6.28.